The standard InChI is InChI=1S/C20H26O2S/c1-19(2)12-14-11-18(16-9-10-20(16,3)17(14)13-19)23(21,22)15-7-5-4-6-8-15/h4-8,14,17H,9-13H2,1-3H3/t14-,17+,20+/m0/s1. The van der Waals surface area contributed by atoms with Crippen molar-refractivity contribution in [1.29, 1.82) is 0 Å². The van der Waals surface area contributed by atoms with E-state index < -0.39 is 9.84 Å². The predicted molar refractivity (Wildman–Crippen MR) is 92.6 cm³/mol. The molecule has 2 fully saturated rings. The van der Waals surface area contributed by atoms with Crippen LogP contribution in [-0.2, 0) is 9.84 Å². The fraction of sp³-hybridized carbons (Fsp3) is 0.600. The maximum atomic E-state index is 13.2. The van der Waals surface area contributed by atoms with Gasteiger partial charge in [0, 0.05) is 4.91 Å². The lowest BCUT2D eigenvalue weighted by atomic mass is 9.53. The second-order valence-corrected chi connectivity index (χ2v) is 10.7. The van der Waals surface area contributed by atoms with Gasteiger partial charge in [-0.15, -0.1) is 0 Å². The lowest BCUT2D eigenvalue weighted by molar-refractivity contribution is 0.0976. The normalized spacial score (nSPS) is 35.4. The number of sulfone groups is 1. The van der Waals surface area contributed by atoms with Crippen molar-refractivity contribution < 1.29 is 8.42 Å². The Balaban J connectivity index is 1.80. The maximum absolute atomic E-state index is 13.2. The van der Waals surface area contributed by atoms with Gasteiger partial charge in [-0.05, 0) is 72.5 Å². The minimum absolute atomic E-state index is 0.133. The summed E-state index contributed by atoms with van der Waals surface area (Å²) in [5, 5.41) is 0. The summed E-state index contributed by atoms with van der Waals surface area (Å²) in [5.74, 6) is 1.21. The summed E-state index contributed by atoms with van der Waals surface area (Å²) in [6, 6.07) is 9.00. The van der Waals surface area contributed by atoms with E-state index in [2.05, 4.69) is 20.8 Å². The molecule has 1 aromatic carbocycles. The van der Waals surface area contributed by atoms with E-state index in [0.29, 0.717) is 22.1 Å². The van der Waals surface area contributed by atoms with E-state index in [9.17, 15) is 8.42 Å². The van der Waals surface area contributed by atoms with Gasteiger partial charge in [0.05, 0.1) is 4.90 Å². The molecule has 4 rings (SSSR count). The summed E-state index contributed by atoms with van der Waals surface area (Å²) in [5.41, 5.74) is 1.74. The van der Waals surface area contributed by atoms with Crippen LogP contribution in [-0.4, -0.2) is 8.42 Å². The van der Waals surface area contributed by atoms with Crippen molar-refractivity contribution in [3.05, 3.63) is 40.8 Å². The number of hydrogen-bond acceptors (Lipinski definition) is 2. The van der Waals surface area contributed by atoms with E-state index in [1.54, 1.807) is 12.1 Å². The molecule has 3 aliphatic rings. The SMILES string of the molecule is CC1(C)C[C@@H]2CC(S(=O)(=O)c3ccccc3)=C3CC[C@@]3(C)[C@@H]2C1. The Morgan fingerprint density at radius 3 is 2.35 bits per heavy atom. The quantitative estimate of drug-likeness (QED) is 0.767. The summed E-state index contributed by atoms with van der Waals surface area (Å²) in [6.45, 7) is 7.02. The van der Waals surface area contributed by atoms with Crippen molar-refractivity contribution in [3.63, 3.8) is 0 Å². The molecule has 0 bridgehead atoms. The molecule has 3 heteroatoms. The van der Waals surface area contributed by atoms with Crippen LogP contribution in [0, 0.1) is 22.7 Å². The minimum atomic E-state index is -3.33. The first-order valence-corrected chi connectivity index (χ1v) is 10.2. The van der Waals surface area contributed by atoms with Crippen molar-refractivity contribution >= 4 is 9.84 Å². The predicted octanol–water partition coefficient (Wildman–Crippen LogP) is 4.97. The molecule has 124 valence electrons. The average molecular weight is 330 g/mol. The Morgan fingerprint density at radius 2 is 1.74 bits per heavy atom. The van der Waals surface area contributed by atoms with Gasteiger partial charge in [0.1, 0.15) is 0 Å². The van der Waals surface area contributed by atoms with Crippen molar-refractivity contribution in [2.24, 2.45) is 22.7 Å². The number of fused-ring (bicyclic) bond motifs is 3. The number of benzene rings is 1. The van der Waals surface area contributed by atoms with Crippen LogP contribution in [0.2, 0.25) is 0 Å². The molecule has 0 unspecified atom stereocenters. The maximum Gasteiger partial charge on any atom is 0.202 e. The fourth-order valence-corrected chi connectivity index (χ4v) is 7.44. The van der Waals surface area contributed by atoms with Gasteiger partial charge in [0.15, 0.2) is 0 Å². The molecule has 2 nitrogen and oxygen atoms in total. The minimum Gasteiger partial charge on any atom is -0.219 e. The molecular weight excluding hydrogens is 304 g/mol. The number of rotatable bonds is 2. The van der Waals surface area contributed by atoms with Crippen LogP contribution in [0.15, 0.2) is 45.7 Å². The highest BCUT2D eigenvalue weighted by Gasteiger charge is 2.57. The molecule has 3 aliphatic carbocycles. The smallest absolute Gasteiger partial charge is 0.202 e. The number of hydrogen-bond donors (Lipinski definition) is 0. The highest BCUT2D eigenvalue weighted by Crippen LogP contribution is 2.66. The molecule has 2 saturated carbocycles. The Hall–Kier alpha value is -1.09. The van der Waals surface area contributed by atoms with Gasteiger partial charge in [0.25, 0.3) is 0 Å². The van der Waals surface area contributed by atoms with Gasteiger partial charge >= 0.3 is 0 Å². The summed E-state index contributed by atoms with van der Waals surface area (Å²) < 4.78 is 26.4. The monoisotopic (exact) mass is 330 g/mol. The van der Waals surface area contributed by atoms with Crippen molar-refractivity contribution in [2.45, 2.75) is 57.8 Å². The summed E-state index contributed by atoms with van der Waals surface area (Å²) in [7, 11) is -3.33. The average Bonchev–Trinajstić information content (AvgIpc) is 2.80. The summed E-state index contributed by atoms with van der Waals surface area (Å²) in [4.78, 5) is 1.23. The largest absolute Gasteiger partial charge is 0.219 e. The Bertz CT molecular complexity index is 773. The summed E-state index contributed by atoms with van der Waals surface area (Å²) >= 11 is 0. The lowest BCUT2D eigenvalue weighted by Crippen LogP contribution is -2.44. The highest BCUT2D eigenvalue weighted by atomic mass is 32.2. The van der Waals surface area contributed by atoms with Crippen molar-refractivity contribution in [3.8, 4) is 0 Å². The third kappa shape index (κ3) is 2.15. The molecule has 23 heavy (non-hydrogen) atoms. The van der Waals surface area contributed by atoms with E-state index in [1.165, 1.54) is 12.0 Å². The van der Waals surface area contributed by atoms with Gasteiger partial charge in [-0.3, -0.25) is 0 Å². The number of allylic oxidation sites excluding steroid dienone is 2. The van der Waals surface area contributed by atoms with Crippen LogP contribution in [0.3, 0.4) is 0 Å². The van der Waals surface area contributed by atoms with E-state index in [0.717, 1.165) is 30.6 Å². The third-order valence-electron chi connectivity index (χ3n) is 6.72. The first-order chi connectivity index (χ1) is 10.7. The van der Waals surface area contributed by atoms with Gasteiger partial charge < -0.3 is 0 Å². The van der Waals surface area contributed by atoms with E-state index in [-0.39, 0.29) is 5.41 Å². The molecular formula is C20H26O2S. The topological polar surface area (TPSA) is 34.1 Å². The van der Waals surface area contributed by atoms with Crippen LogP contribution in [0.5, 0.6) is 0 Å². The van der Waals surface area contributed by atoms with E-state index in [1.807, 2.05) is 18.2 Å². The van der Waals surface area contributed by atoms with Gasteiger partial charge in [0.2, 0.25) is 9.84 Å². The zero-order valence-electron chi connectivity index (χ0n) is 14.3. The molecule has 0 aliphatic heterocycles. The van der Waals surface area contributed by atoms with Gasteiger partial charge in [-0.25, -0.2) is 8.42 Å². The van der Waals surface area contributed by atoms with Crippen molar-refractivity contribution in [1.82, 2.24) is 0 Å². The molecule has 1 aromatic rings. The second kappa shape index (κ2) is 4.72. The molecule has 0 spiro atoms. The Morgan fingerprint density at radius 1 is 1.04 bits per heavy atom. The third-order valence-corrected chi connectivity index (χ3v) is 8.68. The van der Waals surface area contributed by atoms with Gasteiger partial charge in [-0.2, -0.15) is 0 Å². The first-order valence-electron chi connectivity index (χ1n) is 8.77. The van der Waals surface area contributed by atoms with E-state index >= 15 is 0 Å². The molecule has 0 saturated heterocycles. The summed E-state index contributed by atoms with van der Waals surface area (Å²) in [6.07, 6.45) is 5.30. The molecule has 3 atom stereocenters. The van der Waals surface area contributed by atoms with Crippen LogP contribution in [0.25, 0.3) is 0 Å². The fourth-order valence-electron chi connectivity index (χ4n) is 5.54. The molecule has 0 heterocycles. The van der Waals surface area contributed by atoms with Crippen LogP contribution >= 0.6 is 0 Å². The van der Waals surface area contributed by atoms with Crippen LogP contribution in [0.1, 0.15) is 52.9 Å². The lowest BCUT2D eigenvalue weighted by Gasteiger charge is -2.53. The zero-order chi connectivity index (χ0) is 16.5. The highest BCUT2D eigenvalue weighted by molar-refractivity contribution is 7.95. The van der Waals surface area contributed by atoms with E-state index in [4.69, 9.17) is 0 Å². The molecule has 0 N–H and O–H groups in total. The molecule has 0 amide bonds. The zero-order valence-corrected chi connectivity index (χ0v) is 15.1. The van der Waals surface area contributed by atoms with Crippen molar-refractivity contribution in [2.75, 3.05) is 0 Å². The molecule has 0 aromatic heterocycles. The second-order valence-electron chi connectivity index (χ2n) is 8.78. The Labute approximate surface area is 139 Å². The Kier molecular flexibility index (Phi) is 3.17. The molecule has 0 radical (unpaired) electrons. The van der Waals surface area contributed by atoms with Crippen LogP contribution in [0.4, 0.5) is 0 Å². The first kappa shape index (κ1) is 15.4. The van der Waals surface area contributed by atoms with Gasteiger partial charge in [-0.1, -0.05) is 39.0 Å². The van der Waals surface area contributed by atoms with Crippen LogP contribution < -0.4 is 0 Å².